The van der Waals surface area contributed by atoms with E-state index >= 15 is 0 Å². The van der Waals surface area contributed by atoms with Gasteiger partial charge < -0.3 is 10.2 Å². The van der Waals surface area contributed by atoms with E-state index in [4.69, 9.17) is 9.98 Å². The average molecular weight is 1270 g/mol. The van der Waals surface area contributed by atoms with E-state index < -0.39 is 0 Å². The summed E-state index contributed by atoms with van der Waals surface area (Å²) in [4.78, 5) is 10.6. The first-order chi connectivity index (χ1) is 43.4. The van der Waals surface area contributed by atoms with Crippen molar-refractivity contribution in [2.45, 2.75) is 388 Å². The predicted octanol–water partition coefficient (Wildman–Crippen LogP) is 27.9. The molecule has 0 amide bonds. The standard InChI is InChI=1S/C71H122N2.C13H20O2.Ni/c1-5-9-13-15-17-19-21-23-25-27-29-31-33-35-37-39-41-43-45-47-49-52-54-66-58-62-68(63-59-66)72-70(56-12-8-4)71(57-51-11-7-3)73-69-64-60-67(61-65-69)55-53-50-48-46-44-42-40-38-36-34-32-30-28-26-24-22-20-18-16-14-10-6-2;1-3-5-6-7-11-9-13(15)12(14)8-10(11)4-2;/h52-55,58-65H,5-51,56-57H2,1-4H3;8-9,14-15H,3-7H2,1-2H3;/q;;+2/p-2. The van der Waals surface area contributed by atoms with Crippen LogP contribution in [0.1, 0.15) is 398 Å². The largest absolute Gasteiger partial charge is 2.00 e. The van der Waals surface area contributed by atoms with E-state index in [9.17, 15) is 10.2 Å². The SMILES string of the molecule is CCCCCCCCCCCCCCCCCCCCCCC=Cc1ccc(N=C(CCCC)C(CCCCC)=Nc2ccc(C=CCCCCCCCCCCCCCCCCCCCCCC)cc2)cc1.CCCCCc1cc([O-])c([O-])cc1CC.[Ni+2]. The van der Waals surface area contributed by atoms with Crippen molar-refractivity contribution in [3.05, 3.63) is 95.1 Å². The molecule has 508 valence electrons. The summed E-state index contributed by atoms with van der Waals surface area (Å²) >= 11 is 0. The fraction of sp³-hybridized carbons (Fsp3) is 0.714. The molecular weight excluding hydrogens is 1130 g/mol. The van der Waals surface area contributed by atoms with Gasteiger partial charge >= 0.3 is 16.5 Å². The normalized spacial score (nSPS) is 11.9. The number of aliphatic imine (C=N–C) groups is 2. The van der Waals surface area contributed by atoms with Crippen LogP contribution in [0.25, 0.3) is 12.2 Å². The van der Waals surface area contributed by atoms with Crippen LogP contribution in [-0.2, 0) is 29.3 Å². The van der Waals surface area contributed by atoms with Crippen LogP contribution in [0.5, 0.6) is 11.5 Å². The Labute approximate surface area is 563 Å². The maximum atomic E-state index is 11.2. The fourth-order valence-electron chi connectivity index (χ4n) is 12.3. The molecule has 5 heteroatoms. The third kappa shape index (κ3) is 48.9. The Hall–Kier alpha value is -3.43. The summed E-state index contributed by atoms with van der Waals surface area (Å²) in [5, 5.41) is 22.4. The summed E-state index contributed by atoms with van der Waals surface area (Å²) in [6, 6.07) is 20.8. The molecule has 0 radical (unpaired) electrons. The molecule has 0 fully saturated rings. The molecule has 0 aliphatic carbocycles. The zero-order valence-corrected chi connectivity index (χ0v) is 60.3. The summed E-state index contributed by atoms with van der Waals surface area (Å²) in [5.74, 6) is -0.732. The number of aryl methyl sites for hydroxylation is 2. The molecule has 3 aromatic carbocycles. The monoisotopic (exact) mass is 1270 g/mol. The van der Waals surface area contributed by atoms with Crippen LogP contribution in [0.15, 0.2) is 82.8 Å². The molecule has 0 atom stereocenters. The van der Waals surface area contributed by atoms with Crippen molar-refractivity contribution in [2.75, 3.05) is 0 Å². The Kier molecular flexibility index (Phi) is 59.5. The minimum Gasteiger partial charge on any atom is -0.873 e. The zero-order valence-electron chi connectivity index (χ0n) is 59.3. The summed E-state index contributed by atoms with van der Waals surface area (Å²) in [5.41, 5.74) is 9.07. The van der Waals surface area contributed by atoms with Crippen LogP contribution in [0.2, 0.25) is 0 Å². The molecule has 4 nitrogen and oxygen atoms in total. The Morgan fingerprint density at radius 1 is 0.303 bits per heavy atom. The molecule has 89 heavy (non-hydrogen) atoms. The minimum atomic E-state index is -0.369. The number of hydrogen-bond acceptors (Lipinski definition) is 4. The van der Waals surface area contributed by atoms with E-state index in [2.05, 4.69) is 107 Å². The van der Waals surface area contributed by atoms with E-state index in [1.807, 2.05) is 6.92 Å². The van der Waals surface area contributed by atoms with E-state index in [0.717, 1.165) is 73.9 Å². The molecule has 0 aliphatic heterocycles. The summed E-state index contributed by atoms with van der Waals surface area (Å²) in [6.07, 6.45) is 82.2. The number of rotatable bonds is 59. The zero-order chi connectivity index (χ0) is 63.3. The number of hydrogen-bond donors (Lipinski definition) is 0. The van der Waals surface area contributed by atoms with Crippen molar-refractivity contribution in [1.29, 1.82) is 0 Å². The van der Waals surface area contributed by atoms with Crippen molar-refractivity contribution in [3.63, 3.8) is 0 Å². The second-order valence-electron chi connectivity index (χ2n) is 26.6. The third-order valence-corrected chi connectivity index (χ3v) is 18.2. The Balaban J connectivity index is 0.00000215. The fourth-order valence-corrected chi connectivity index (χ4v) is 12.3. The molecule has 0 saturated carbocycles. The van der Waals surface area contributed by atoms with Gasteiger partial charge in [-0.2, -0.15) is 0 Å². The van der Waals surface area contributed by atoms with Crippen molar-refractivity contribution >= 4 is 35.0 Å². The van der Waals surface area contributed by atoms with Crippen molar-refractivity contribution in [3.8, 4) is 11.5 Å². The van der Waals surface area contributed by atoms with E-state index in [1.165, 1.54) is 330 Å². The second-order valence-corrected chi connectivity index (χ2v) is 26.6. The third-order valence-electron chi connectivity index (χ3n) is 18.2. The van der Waals surface area contributed by atoms with Crippen molar-refractivity contribution in [2.24, 2.45) is 9.98 Å². The van der Waals surface area contributed by atoms with Gasteiger partial charge in [-0.15, -0.1) is 11.5 Å². The van der Waals surface area contributed by atoms with Crippen molar-refractivity contribution in [1.82, 2.24) is 0 Å². The van der Waals surface area contributed by atoms with Crippen molar-refractivity contribution < 1.29 is 26.7 Å². The van der Waals surface area contributed by atoms with Gasteiger partial charge in [0.2, 0.25) is 0 Å². The van der Waals surface area contributed by atoms with Gasteiger partial charge in [0.15, 0.2) is 0 Å². The first kappa shape index (κ1) is 83.6. The Bertz CT molecular complexity index is 2120. The summed E-state index contributed by atoms with van der Waals surface area (Å²) in [7, 11) is 0. The minimum absolute atomic E-state index is 0. The maximum Gasteiger partial charge on any atom is 2.00 e. The van der Waals surface area contributed by atoms with Gasteiger partial charge in [-0.05, 0) is 117 Å². The van der Waals surface area contributed by atoms with E-state index in [0.29, 0.717) is 0 Å². The molecule has 0 aromatic heterocycles. The van der Waals surface area contributed by atoms with Crippen LogP contribution in [0, 0.1) is 0 Å². The van der Waals surface area contributed by atoms with Gasteiger partial charge in [0.05, 0.1) is 22.8 Å². The molecule has 0 N–H and O–H groups in total. The second kappa shape index (κ2) is 63.3. The Morgan fingerprint density at radius 2 is 0.562 bits per heavy atom. The van der Waals surface area contributed by atoms with Crippen LogP contribution in [0.4, 0.5) is 11.4 Å². The number of unbranched alkanes of at least 4 members (excludes halogenated alkanes) is 45. The van der Waals surface area contributed by atoms with Crippen LogP contribution < -0.4 is 10.2 Å². The van der Waals surface area contributed by atoms with Gasteiger partial charge in [-0.1, -0.05) is 378 Å². The van der Waals surface area contributed by atoms with Gasteiger partial charge in [0, 0.05) is 0 Å². The molecule has 0 heterocycles. The predicted molar refractivity (Wildman–Crippen MR) is 392 cm³/mol. The topological polar surface area (TPSA) is 70.8 Å². The molecule has 3 aromatic rings. The van der Waals surface area contributed by atoms with Gasteiger partial charge in [-0.3, -0.25) is 9.98 Å². The molecular formula is C84H140N2NiO2. The van der Waals surface area contributed by atoms with Gasteiger partial charge in [-0.25, -0.2) is 0 Å². The van der Waals surface area contributed by atoms with Gasteiger partial charge in [0.25, 0.3) is 0 Å². The molecule has 0 aliphatic rings. The Morgan fingerprint density at radius 3 is 0.865 bits per heavy atom. The number of nitrogens with zero attached hydrogens (tertiary/aromatic N) is 2. The van der Waals surface area contributed by atoms with Crippen LogP contribution in [0.3, 0.4) is 0 Å². The first-order valence-electron chi connectivity index (χ1n) is 38.6. The van der Waals surface area contributed by atoms with E-state index in [-0.39, 0.29) is 28.0 Å². The smallest absolute Gasteiger partial charge is 0.873 e. The molecule has 3 rings (SSSR count). The molecule has 0 unspecified atom stereocenters. The van der Waals surface area contributed by atoms with Gasteiger partial charge in [0.1, 0.15) is 0 Å². The number of benzene rings is 3. The molecule has 0 spiro atoms. The summed E-state index contributed by atoms with van der Waals surface area (Å²) in [6.45, 7) is 13.4. The molecule has 0 saturated heterocycles. The summed E-state index contributed by atoms with van der Waals surface area (Å²) < 4.78 is 0. The van der Waals surface area contributed by atoms with Crippen LogP contribution in [-0.4, -0.2) is 11.4 Å². The quantitative estimate of drug-likeness (QED) is 0.0321. The maximum absolute atomic E-state index is 11.2. The van der Waals surface area contributed by atoms with Crippen LogP contribution >= 0.6 is 0 Å². The number of allylic oxidation sites excluding steroid dienone is 2. The first-order valence-corrected chi connectivity index (χ1v) is 38.6. The average Bonchev–Trinajstić information content (AvgIpc) is 3.75. The molecule has 0 bridgehead atoms. The van der Waals surface area contributed by atoms with E-state index in [1.54, 1.807) is 0 Å².